The molecule has 3 aromatic carbocycles. The van der Waals surface area contributed by atoms with E-state index in [0.717, 1.165) is 30.4 Å². The molecular weight excluding hydrogens is 1100 g/mol. The van der Waals surface area contributed by atoms with E-state index >= 15 is 0 Å². The smallest absolute Gasteiger partial charge is 0.245 e. The standard InChI is InChI=1S/C62H82N8O15/c1-5-44-18-15-43(31-52(44)72)30-50(67-57(77)39(2)63-53(73)34-69-21-24-82-25-22-69)59(79)66-48(28-41-13-9-10-14-41)56(76)62(38-85-62)32-46-33-70(23-26-83-46)35-54(74)64-51(36-71)60(80)68-49(29-42-16-19-45(81-4)20-17-42)58(78)65-47(55(75)61(3)37-84-61)27-40-11-7-6-8-12-40/h6-8,11-13,15-20,31,39,46-51,71-72H,5,9-10,14,21-30,32-38H2,1-4H3,(H,63,73)(H,64,74)(H,65,78)(H,66,79)(H,67,77)(H,68,80)/t39-,46?,47-,48-,49-,50-,51-,61+,62+/m0/s1. The van der Waals surface area contributed by atoms with E-state index in [4.69, 9.17) is 23.7 Å². The van der Waals surface area contributed by atoms with E-state index in [-0.39, 0.29) is 94.8 Å². The third-order valence-electron chi connectivity index (χ3n) is 16.2. The molecular formula is C62H82N8O15. The molecule has 0 saturated carbocycles. The molecule has 1 aliphatic carbocycles. The number of aliphatic hydroxyl groups is 1. The van der Waals surface area contributed by atoms with Crippen molar-refractivity contribution in [3.8, 4) is 11.5 Å². The molecule has 0 spiro atoms. The van der Waals surface area contributed by atoms with Crippen LogP contribution >= 0.6 is 0 Å². The van der Waals surface area contributed by atoms with Crippen LogP contribution in [0, 0.1) is 0 Å². The lowest BCUT2D eigenvalue weighted by Gasteiger charge is -2.34. The fraction of sp³-hybridized carbons (Fsp3) is 0.548. The number of ketones is 2. The van der Waals surface area contributed by atoms with Gasteiger partial charge in [-0.05, 0) is 92.8 Å². The number of Topliss-reactive ketones (excluding diaryl/α,β-unsaturated/α-hetero) is 2. The van der Waals surface area contributed by atoms with Crippen molar-refractivity contribution in [2.24, 2.45) is 0 Å². The van der Waals surface area contributed by atoms with Crippen LogP contribution in [0.3, 0.4) is 0 Å². The zero-order valence-electron chi connectivity index (χ0n) is 49.0. The third-order valence-corrected chi connectivity index (χ3v) is 16.2. The molecule has 3 aromatic rings. The van der Waals surface area contributed by atoms with Crippen LogP contribution in [0.4, 0.5) is 0 Å². The Kier molecular flexibility index (Phi) is 22.4. The summed E-state index contributed by atoms with van der Waals surface area (Å²) in [5.41, 5.74) is 1.28. The van der Waals surface area contributed by atoms with Gasteiger partial charge >= 0.3 is 0 Å². The highest BCUT2D eigenvalue weighted by atomic mass is 16.6. The molecule has 4 saturated heterocycles. The van der Waals surface area contributed by atoms with Crippen LogP contribution in [-0.2, 0) is 83.0 Å². The highest BCUT2D eigenvalue weighted by molar-refractivity contribution is 6.00. The molecule has 23 nitrogen and oxygen atoms in total. The fourth-order valence-corrected chi connectivity index (χ4v) is 11.0. The number of phenols is 1. The first kappa shape index (κ1) is 63.9. The lowest BCUT2D eigenvalue weighted by atomic mass is 9.88. The number of aliphatic hydroxyl groups excluding tert-OH is 1. The molecule has 8 N–H and O–H groups in total. The van der Waals surface area contributed by atoms with Crippen LogP contribution in [0.25, 0.3) is 0 Å². The van der Waals surface area contributed by atoms with Gasteiger partial charge in [-0.25, -0.2) is 0 Å². The SMILES string of the molecule is CCc1ccc(C[C@H](NC(=O)[C@H](C)NC(=O)CN2CCOCC2)C(=O)N[C@@H](CC2=CCCC2)C(=O)[C@@]2(CC3CN(CC(=O)N[C@@H](CO)C(=O)N[C@@H](Cc4ccc(OC)cc4)C(=O)N[C@@H](Cc4ccccc4)C(=O)[C@@]4(C)CO4)CCO3)CO2)cc1O. The Labute approximate surface area is 495 Å². The number of rotatable bonds is 31. The van der Waals surface area contributed by atoms with Crippen molar-refractivity contribution in [1.82, 2.24) is 41.7 Å². The molecule has 8 rings (SSSR count). The minimum atomic E-state index is -1.48. The molecule has 0 radical (unpaired) electrons. The lowest BCUT2D eigenvalue weighted by molar-refractivity contribution is -0.136. The summed E-state index contributed by atoms with van der Waals surface area (Å²) in [6.45, 7) is 7.19. The number of amides is 6. The number of carbonyl (C=O) groups excluding carboxylic acids is 8. The van der Waals surface area contributed by atoms with Gasteiger partial charge in [0.05, 0.1) is 78.0 Å². The summed E-state index contributed by atoms with van der Waals surface area (Å²) >= 11 is 0. The predicted octanol–water partition coefficient (Wildman–Crippen LogP) is 0.532. The molecule has 4 aliphatic heterocycles. The molecule has 23 heteroatoms. The second-order valence-corrected chi connectivity index (χ2v) is 22.9. The second kappa shape index (κ2) is 29.8. The molecule has 0 aromatic heterocycles. The molecule has 1 unspecified atom stereocenters. The van der Waals surface area contributed by atoms with Crippen molar-refractivity contribution < 1.29 is 72.3 Å². The first-order valence-electron chi connectivity index (χ1n) is 29.4. The molecule has 6 amide bonds. The summed E-state index contributed by atoms with van der Waals surface area (Å²) < 4.78 is 28.3. The van der Waals surface area contributed by atoms with Crippen molar-refractivity contribution in [3.63, 3.8) is 0 Å². The summed E-state index contributed by atoms with van der Waals surface area (Å²) in [5, 5.41) is 37.9. The number of carbonyl (C=O) groups is 8. The highest BCUT2D eigenvalue weighted by Crippen LogP contribution is 2.38. The molecule has 85 heavy (non-hydrogen) atoms. The molecule has 4 fully saturated rings. The number of aromatic hydroxyl groups is 1. The van der Waals surface area contributed by atoms with Crippen LogP contribution < -0.4 is 36.6 Å². The fourth-order valence-electron chi connectivity index (χ4n) is 11.0. The van der Waals surface area contributed by atoms with Crippen LogP contribution in [0.1, 0.15) is 75.1 Å². The Hall–Kier alpha value is -7.12. The van der Waals surface area contributed by atoms with Gasteiger partial charge in [0.15, 0.2) is 17.2 Å². The van der Waals surface area contributed by atoms with Crippen molar-refractivity contribution in [2.45, 2.75) is 132 Å². The Bertz CT molecular complexity index is 2870. The van der Waals surface area contributed by atoms with Crippen LogP contribution in [-0.4, -0.2) is 207 Å². The van der Waals surface area contributed by atoms with E-state index in [1.165, 1.54) is 14.0 Å². The quantitative estimate of drug-likeness (QED) is 0.0322. The van der Waals surface area contributed by atoms with Gasteiger partial charge in [-0.1, -0.05) is 73.2 Å². The molecule has 0 bridgehead atoms. The monoisotopic (exact) mass is 1180 g/mol. The Morgan fingerprint density at radius 1 is 0.671 bits per heavy atom. The number of phenolic OH excluding ortho intramolecular Hbond substituents is 1. The number of nitrogens with zero attached hydrogens (tertiary/aromatic N) is 2. The predicted molar refractivity (Wildman–Crippen MR) is 310 cm³/mol. The Balaban J connectivity index is 0.899. The number of aryl methyl sites for hydroxylation is 1. The summed E-state index contributed by atoms with van der Waals surface area (Å²) in [4.78, 5) is 116. The van der Waals surface area contributed by atoms with E-state index in [1.54, 1.807) is 54.3 Å². The van der Waals surface area contributed by atoms with Crippen molar-refractivity contribution in [2.75, 3.05) is 86.0 Å². The molecule has 5 aliphatic rings. The van der Waals surface area contributed by atoms with Crippen molar-refractivity contribution >= 4 is 47.0 Å². The maximum atomic E-state index is 14.9. The van der Waals surface area contributed by atoms with Gasteiger partial charge in [0.25, 0.3) is 0 Å². The van der Waals surface area contributed by atoms with Gasteiger partial charge in [0, 0.05) is 45.4 Å². The number of benzene rings is 3. The van der Waals surface area contributed by atoms with Gasteiger partial charge < -0.3 is 65.8 Å². The number of ether oxygens (including phenoxy) is 5. The zero-order chi connectivity index (χ0) is 60.7. The summed E-state index contributed by atoms with van der Waals surface area (Å²) in [6, 6.07) is 14.1. The zero-order valence-corrected chi connectivity index (χ0v) is 49.0. The lowest BCUT2D eigenvalue weighted by Crippen LogP contribution is -2.59. The van der Waals surface area contributed by atoms with Gasteiger partial charge in [0.2, 0.25) is 35.4 Å². The van der Waals surface area contributed by atoms with E-state index in [9.17, 15) is 48.6 Å². The number of morpholine rings is 2. The number of epoxide rings is 2. The number of nitrogens with one attached hydrogen (secondary N) is 6. The van der Waals surface area contributed by atoms with E-state index in [1.807, 2.05) is 42.2 Å². The average molecular weight is 1180 g/mol. The molecule has 4 heterocycles. The van der Waals surface area contributed by atoms with E-state index in [0.29, 0.717) is 61.7 Å². The summed E-state index contributed by atoms with van der Waals surface area (Å²) in [5.74, 6) is -3.85. The van der Waals surface area contributed by atoms with Gasteiger partial charge in [-0.15, -0.1) is 0 Å². The third kappa shape index (κ3) is 18.2. The molecule has 460 valence electrons. The largest absolute Gasteiger partial charge is 0.508 e. The summed E-state index contributed by atoms with van der Waals surface area (Å²) in [7, 11) is 1.52. The Morgan fingerprint density at radius 2 is 1.25 bits per heavy atom. The number of hydrogen-bond donors (Lipinski definition) is 8. The minimum absolute atomic E-state index is 0.0155. The summed E-state index contributed by atoms with van der Waals surface area (Å²) in [6.07, 6.45) is 4.84. The van der Waals surface area contributed by atoms with Gasteiger partial charge in [-0.2, -0.15) is 0 Å². The first-order valence-corrected chi connectivity index (χ1v) is 29.4. The van der Waals surface area contributed by atoms with Gasteiger partial charge in [0.1, 0.15) is 41.3 Å². The van der Waals surface area contributed by atoms with Crippen LogP contribution in [0.15, 0.2) is 84.4 Å². The number of allylic oxidation sites excluding steroid dienone is 1. The van der Waals surface area contributed by atoms with Crippen molar-refractivity contribution in [3.05, 3.63) is 107 Å². The van der Waals surface area contributed by atoms with Crippen LogP contribution in [0.2, 0.25) is 0 Å². The second-order valence-electron chi connectivity index (χ2n) is 22.9. The maximum Gasteiger partial charge on any atom is 0.245 e. The number of methoxy groups -OCH3 is 1. The average Bonchev–Trinajstić information content (AvgIpc) is 2.50. The maximum absolute atomic E-state index is 14.9. The number of hydrogen-bond acceptors (Lipinski definition) is 17. The van der Waals surface area contributed by atoms with E-state index < -0.39 is 89.7 Å². The van der Waals surface area contributed by atoms with E-state index in [2.05, 4.69) is 38.0 Å². The topological polar surface area (TPSA) is 308 Å². The highest BCUT2D eigenvalue weighted by Gasteiger charge is 2.56. The first-order chi connectivity index (χ1) is 40.9. The van der Waals surface area contributed by atoms with Crippen LogP contribution in [0.5, 0.6) is 11.5 Å². The normalized spacial score (nSPS) is 22.4. The van der Waals surface area contributed by atoms with Gasteiger partial charge in [-0.3, -0.25) is 48.2 Å². The minimum Gasteiger partial charge on any atom is -0.508 e. The molecule has 9 atom stereocenters. The Morgan fingerprint density at radius 3 is 1.86 bits per heavy atom. The van der Waals surface area contributed by atoms with Crippen molar-refractivity contribution in [1.29, 1.82) is 0 Å².